The molecule has 1 amide bonds. The van der Waals surface area contributed by atoms with Crippen LogP contribution in [0.5, 0.6) is 0 Å². The maximum Gasteiger partial charge on any atom is 0.231 e. The Labute approximate surface area is 114 Å². The van der Waals surface area contributed by atoms with Crippen molar-refractivity contribution < 1.29 is 4.79 Å². The van der Waals surface area contributed by atoms with Crippen LogP contribution in [0.25, 0.3) is 0 Å². The highest BCUT2D eigenvalue weighted by molar-refractivity contribution is 5.75. The minimum atomic E-state index is -0.271. The third-order valence-electron chi connectivity index (χ3n) is 3.82. The normalized spacial score (nSPS) is 16.1. The zero-order chi connectivity index (χ0) is 13.7. The number of amides is 1. The number of anilines is 1. The molecule has 0 radical (unpaired) electrons. The monoisotopic (exact) mass is 261 g/mol. The summed E-state index contributed by atoms with van der Waals surface area (Å²) >= 11 is 0. The number of rotatable bonds is 6. The van der Waals surface area contributed by atoms with Crippen molar-refractivity contribution in [3.05, 3.63) is 29.8 Å². The molecule has 0 bridgehead atoms. The van der Waals surface area contributed by atoms with Gasteiger partial charge in [-0.05, 0) is 30.4 Å². The van der Waals surface area contributed by atoms with Crippen molar-refractivity contribution in [2.45, 2.75) is 32.2 Å². The fraction of sp³-hybridized carbons (Fsp3) is 0.533. The first-order chi connectivity index (χ1) is 9.15. The molecule has 1 aromatic rings. The van der Waals surface area contributed by atoms with Crippen molar-refractivity contribution in [2.24, 2.45) is 11.7 Å². The van der Waals surface area contributed by atoms with E-state index in [1.165, 1.54) is 25.7 Å². The summed E-state index contributed by atoms with van der Waals surface area (Å²) in [5.41, 5.74) is 13.2. The number of nitrogen functional groups attached to an aromatic ring is 1. The summed E-state index contributed by atoms with van der Waals surface area (Å²) in [5.74, 6) is 0.428. The van der Waals surface area contributed by atoms with Gasteiger partial charge in [0, 0.05) is 18.8 Å². The lowest BCUT2D eigenvalue weighted by molar-refractivity contribution is -0.119. The van der Waals surface area contributed by atoms with Crippen LogP contribution in [0.4, 0.5) is 5.69 Å². The van der Waals surface area contributed by atoms with Crippen LogP contribution in [0.2, 0.25) is 0 Å². The summed E-state index contributed by atoms with van der Waals surface area (Å²) in [4.78, 5) is 13.3. The number of hydrogen-bond donors (Lipinski definition) is 2. The van der Waals surface area contributed by atoms with Gasteiger partial charge in [0.05, 0.1) is 6.54 Å². The third kappa shape index (κ3) is 4.24. The number of primary amides is 1. The van der Waals surface area contributed by atoms with Crippen LogP contribution in [-0.2, 0) is 11.3 Å². The molecule has 2 rings (SSSR count). The Kier molecular flexibility index (Phi) is 4.80. The first kappa shape index (κ1) is 13.9. The Bertz CT molecular complexity index is 427. The molecule has 1 saturated carbocycles. The molecule has 0 aromatic heterocycles. The molecule has 19 heavy (non-hydrogen) atoms. The zero-order valence-corrected chi connectivity index (χ0v) is 11.3. The Morgan fingerprint density at radius 3 is 2.58 bits per heavy atom. The Hall–Kier alpha value is -1.55. The topological polar surface area (TPSA) is 72.4 Å². The molecule has 0 aliphatic heterocycles. The van der Waals surface area contributed by atoms with Gasteiger partial charge in [0.2, 0.25) is 5.91 Å². The van der Waals surface area contributed by atoms with Gasteiger partial charge in [0.1, 0.15) is 0 Å². The molecule has 0 spiro atoms. The summed E-state index contributed by atoms with van der Waals surface area (Å²) in [5, 5.41) is 0. The molecule has 4 nitrogen and oxygen atoms in total. The smallest absolute Gasteiger partial charge is 0.231 e. The maximum absolute atomic E-state index is 11.2. The van der Waals surface area contributed by atoms with Crippen molar-refractivity contribution in [2.75, 3.05) is 18.8 Å². The highest BCUT2D eigenvalue weighted by atomic mass is 16.1. The summed E-state index contributed by atoms with van der Waals surface area (Å²) in [6.07, 6.45) is 5.14. The minimum Gasteiger partial charge on any atom is -0.398 e. The lowest BCUT2D eigenvalue weighted by Gasteiger charge is -2.24. The first-order valence-corrected chi connectivity index (χ1v) is 6.99. The average Bonchev–Trinajstić information content (AvgIpc) is 2.84. The van der Waals surface area contributed by atoms with Gasteiger partial charge < -0.3 is 11.5 Å². The average molecular weight is 261 g/mol. The maximum atomic E-state index is 11.2. The predicted octanol–water partition coefficient (Wildman–Crippen LogP) is 1.75. The lowest BCUT2D eigenvalue weighted by atomic mass is 10.1. The van der Waals surface area contributed by atoms with E-state index in [4.69, 9.17) is 11.5 Å². The number of hydrogen-bond acceptors (Lipinski definition) is 3. The Morgan fingerprint density at radius 2 is 1.95 bits per heavy atom. The second-order valence-corrected chi connectivity index (χ2v) is 5.49. The highest BCUT2D eigenvalue weighted by Crippen LogP contribution is 2.26. The van der Waals surface area contributed by atoms with Crippen molar-refractivity contribution in [1.29, 1.82) is 0 Å². The van der Waals surface area contributed by atoms with E-state index in [9.17, 15) is 4.79 Å². The molecule has 1 aliphatic rings. The predicted molar refractivity (Wildman–Crippen MR) is 77.3 cm³/mol. The second kappa shape index (κ2) is 6.57. The number of nitrogens with two attached hydrogens (primary N) is 2. The largest absolute Gasteiger partial charge is 0.398 e. The number of carbonyl (C=O) groups excluding carboxylic acids is 1. The van der Waals surface area contributed by atoms with Gasteiger partial charge in [-0.3, -0.25) is 9.69 Å². The molecule has 0 heterocycles. The summed E-state index contributed by atoms with van der Waals surface area (Å²) in [6, 6.07) is 7.81. The molecule has 1 aromatic carbocycles. The molecule has 0 unspecified atom stereocenters. The number of nitrogens with zero attached hydrogens (tertiary/aromatic N) is 1. The summed E-state index contributed by atoms with van der Waals surface area (Å²) < 4.78 is 0. The van der Waals surface area contributed by atoms with Gasteiger partial charge in [0.25, 0.3) is 0 Å². The van der Waals surface area contributed by atoms with Gasteiger partial charge in [-0.2, -0.15) is 0 Å². The molecular formula is C15H23N3O. The fourth-order valence-electron chi connectivity index (χ4n) is 2.88. The molecule has 0 atom stereocenters. The van der Waals surface area contributed by atoms with Crippen LogP contribution in [0.3, 0.4) is 0 Å². The van der Waals surface area contributed by atoms with Gasteiger partial charge >= 0.3 is 0 Å². The number of benzene rings is 1. The van der Waals surface area contributed by atoms with Crippen LogP contribution >= 0.6 is 0 Å². The summed E-state index contributed by atoms with van der Waals surface area (Å²) in [7, 11) is 0. The van der Waals surface area contributed by atoms with E-state index in [-0.39, 0.29) is 5.91 Å². The minimum absolute atomic E-state index is 0.271. The van der Waals surface area contributed by atoms with Gasteiger partial charge in [-0.1, -0.05) is 31.0 Å². The molecule has 1 fully saturated rings. The SMILES string of the molecule is NC(=O)CN(Cc1ccccc1N)CC1CCCC1. The first-order valence-electron chi connectivity index (χ1n) is 6.99. The van der Waals surface area contributed by atoms with E-state index >= 15 is 0 Å². The van der Waals surface area contributed by atoms with Crippen LogP contribution in [0, 0.1) is 5.92 Å². The van der Waals surface area contributed by atoms with E-state index in [0.29, 0.717) is 19.0 Å². The van der Waals surface area contributed by atoms with Crippen LogP contribution < -0.4 is 11.5 Å². The van der Waals surface area contributed by atoms with Gasteiger partial charge in [-0.25, -0.2) is 0 Å². The number of carbonyl (C=O) groups is 1. The van der Waals surface area contributed by atoms with Crippen molar-refractivity contribution in [3.63, 3.8) is 0 Å². The van der Waals surface area contributed by atoms with E-state index in [2.05, 4.69) is 4.90 Å². The van der Waals surface area contributed by atoms with Gasteiger partial charge in [0.15, 0.2) is 0 Å². The molecule has 104 valence electrons. The fourth-order valence-corrected chi connectivity index (χ4v) is 2.88. The van der Waals surface area contributed by atoms with Crippen molar-refractivity contribution >= 4 is 11.6 Å². The van der Waals surface area contributed by atoms with E-state index in [0.717, 1.165) is 17.8 Å². The Morgan fingerprint density at radius 1 is 1.26 bits per heavy atom. The van der Waals surface area contributed by atoms with Crippen molar-refractivity contribution in [3.8, 4) is 0 Å². The molecular weight excluding hydrogens is 238 g/mol. The molecule has 1 aliphatic carbocycles. The Balaban J connectivity index is 2.00. The second-order valence-electron chi connectivity index (χ2n) is 5.49. The standard InChI is InChI=1S/C15H23N3O/c16-14-8-4-3-7-13(14)10-18(11-15(17)19)9-12-5-1-2-6-12/h3-4,7-8,12H,1-2,5-6,9-11,16H2,(H2,17,19). The summed E-state index contributed by atoms with van der Waals surface area (Å²) in [6.45, 7) is 1.95. The van der Waals surface area contributed by atoms with E-state index < -0.39 is 0 Å². The van der Waals surface area contributed by atoms with Gasteiger partial charge in [-0.15, -0.1) is 0 Å². The third-order valence-corrected chi connectivity index (χ3v) is 3.82. The lowest BCUT2D eigenvalue weighted by Crippen LogP contribution is -2.36. The van der Waals surface area contributed by atoms with Crippen LogP contribution in [0.15, 0.2) is 24.3 Å². The molecule has 4 N–H and O–H groups in total. The van der Waals surface area contributed by atoms with Crippen LogP contribution in [0.1, 0.15) is 31.2 Å². The molecule has 0 saturated heterocycles. The van der Waals surface area contributed by atoms with Crippen LogP contribution in [-0.4, -0.2) is 23.9 Å². The number of para-hydroxylation sites is 1. The van der Waals surface area contributed by atoms with Crippen molar-refractivity contribution in [1.82, 2.24) is 4.90 Å². The van der Waals surface area contributed by atoms with E-state index in [1.807, 2.05) is 24.3 Å². The highest BCUT2D eigenvalue weighted by Gasteiger charge is 2.20. The molecule has 4 heteroatoms. The van der Waals surface area contributed by atoms with E-state index in [1.54, 1.807) is 0 Å². The quantitative estimate of drug-likeness (QED) is 0.766. The zero-order valence-electron chi connectivity index (χ0n) is 11.3.